The molecule has 0 spiro atoms. The zero-order valence-electron chi connectivity index (χ0n) is 10.7. The Kier molecular flexibility index (Phi) is 5.22. The van der Waals surface area contributed by atoms with Gasteiger partial charge >= 0.3 is 0 Å². The first-order chi connectivity index (χ1) is 7.54. The number of hydrogen-bond donors (Lipinski definition) is 2. The third kappa shape index (κ3) is 3.76. The van der Waals surface area contributed by atoms with Crippen molar-refractivity contribution in [3.8, 4) is 0 Å². The molecule has 0 aromatic carbocycles. The second kappa shape index (κ2) is 6.21. The van der Waals surface area contributed by atoms with Crippen LogP contribution < -0.4 is 11.3 Å². The van der Waals surface area contributed by atoms with Crippen LogP contribution in [-0.4, -0.2) is 30.4 Å². The average molecular weight is 227 g/mol. The number of nitrogens with two attached hydrogens (primary N) is 1. The van der Waals surface area contributed by atoms with Crippen molar-refractivity contribution >= 4 is 5.91 Å². The van der Waals surface area contributed by atoms with Crippen molar-refractivity contribution in [3.05, 3.63) is 0 Å². The molecule has 1 amide bonds. The van der Waals surface area contributed by atoms with E-state index in [4.69, 9.17) is 5.84 Å². The van der Waals surface area contributed by atoms with Crippen molar-refractivity contribution in [1.29, 1.82) is 0 Å². The zero-order chi connectivity index (χ0) is 12.1. The molecule has 0 aromatic heterocycles. The van der Waals surface area contributed by atoms with Crippen molar-refractivity contribution in [3.63, 3.8) is 0 Å². The van der Waals surface area contributed by atoms with Gasteiger partial charge in [0.15, 0.2) is 0 Å². The fourth-order valence-electron chi connectivity index (χ4n) is 2.61. The minimum atomic E-state index is -0.0734. The lowest BCUT2D eigenvalue weighted by atomic mass is 9.86. The fourth-order valence-corrected chi connectivity index (χ4v) is 2.61. The Bertz CT molecular complexity index is 232. The predicted octanol–water partition coefficient (Wildman–Crippen LogP) is 1.12. The van der Waals surface area contributed by atoms with Gasteiger partial charge < -0.3 is 4.90 Å². The predicted molar refractivity (Wildman–Crippen MR) is 65.5 cm³/mol. The van der Waals surface area contributed by atoms with E-state index in [9.17, 15) is 4.79 Å². The highest BCUT2D eigenvalue weighted by Crippen LogP contribution is 2.26. The van der Waals surface area contributed by atoms with Crippen LogP contribution in [0.25, 0.3) is 0 Å². The summed E-state index contributed by atoms with van der Waals surface area (Å²) in [6, 6.07) is 0.636. The SMILES string of the molecule is CC1CCCC(N(C)CC(C)C(=O)NN)C1. The molecule has 0 saturated heterocycles. The molecule has 0 bridgehead atoms. The van der Waals surface area contributed by atoms with Crippen LogP contribution in [0, 0.1) is 11.8 Å². The Balaban J connectivity index is 2.38. The molecule has 16 heavy (non-hydrogen) atoms. The van der Waals surface area contributed by atoms with Crippen molar-refractivity contribution in [1.82, 2.24) is 10.3 Å². The normalized spacial score (nSPS) is 27.8. The number of hydrogen-bond acceptors (Lipinski definition) is 3. The van der Waals surface area contributed by atoms with Crippen molar-refractivity contribution < 1.29 is 4.79 Å². The number of carbonyl (C=O) groups is 1. The van der Waals surface area contributed by atoms with E-state index in [0.29, 0.717) is 6.04 Å². The molecule has 0 aromatic rings. The molecule has 0 radical (unpaired) electrons. The van der Waals surface area contributed by atoms with Crippen LogP contribution >= 0.6 is 0 Å². The van der Waals surface area contributed by atoms with Crippen LogP contribution in [0.15, 0.2) is 0 Å². The van der Waals surface area contributed by atoms with E-state index in [0.717, 1.165) is 12.5 Å². The second-order valence-corrected chi connectivity index (χ2v) is 5.27. The van der Waals surface area contributed by atoms with Gasteiger partial charge in [-0.25, -0.2) is 5.84 Å². The molecule has 1 rings (SSSR count). The summed E-state index contributed by atoms with van der Waals surface area (Å²) in [6.07, 6.45) is 5.18. The number of amides is 1. The molecule has 0 aliphatic heterocycles. The zero-order valence-corrected chi connectivity index (χ0v) is 10.7. The van der Waals surface area contributed by atoms with E-state index >= 15 is 0 Å². The minimum Gasteiger partial charge on any atom is -0.303 e. The molecule has 94 valence electrons. The van der Waals surface area contributed by atoms with Gasteiger partial charge in [0.05, 0.1) is 0 Å². The molecule has 1 aliphatic carbocycles. The quantitative estimate of drug-likeness (QED) is 0.430. The number of hydrazine groups is 1. The lowest BCUT2D eigenvalue weighted by Gasteiger charge is -2.35. The number of nitrogens with one attached hydrogen (secondary N) is 1. The van der Waals surface area contributed by atoms with E-state index in [1.54, 1.807) is 0 Å². The van der Waals surface area contributed by atoms with E-state index < -0.39 is 0 Å². The van der Waals surface area contributed by atoms with Crippen LogP contribution in [-0.2, 0) is 4.79 Å². The fraction of sp³-hybridized carbons (Fsp3) is 0.917. The molecule has 1 fully saturated rings. The molecular formula is C12H25N3O. The molecule has 4 nitrogen and oxygen atoms in total. The topological polar surface area (TPSA) is 58.4 Å². The third-order valence-electron chi connectivity index (χ3n) is 3.68. The Morgan fingerprint density at radius 1 is 1.56 bits per heavy atom. The van der Waals surface area contributed by atoms with Gasteiger partial charge in [-0.05, 0) is 25.8 Å². The standard InChI is InChI=1S/C12H25N3O/c1-9-5-4-6-11(7-9)15(3)8-10(2)12(16)14-13/h9-11H,4-8,13H2,1-3H3,(H,14,16). The Morgan fingerprint density at radius 3 is 2.81 bits per heavy atom. The van der Waals surface area contributed by atoms with Crippen LogP contribution in [0.1, 0.15) is 39.5 Å². The summed E-state index contributed by atoms with van der Waals surface area (Å²) in [4.78, 5) is 13.6. The third-order valence-corrected chi connectivity index (χ3v) is 3.68. The van der Waals surface area contributed by atoms with Gasteiger partial charge in [-0.3, -0.25) is 10.2 Å². The van der Waals surface area contributed by atoms with Crippen LogP contribution in [0.4, 0.5) is 0 Å². The van der Waals surface area contributed by atoms with Gasteiger partial charge in [-0.1, -0.05) is 26.7 Å². The van der Waals surface area contributed by atoms with Gasteiger partial charge in [0.25, 0.3) is 0 Å². The molecule has 3 unspecified atom stereocenters. The van der Waals surface area contributed by atoms with Crippen molar-refractivity contribution in [2.75, 3.05) is 13.6 Å². The van der Waals surface area contributed by atoms with Crippen molar-refractivity contribution in [2.45, 2.75) is 45.6 Å². The molecule has 4 heteroatoms. The van der Waals surface area contributed by atoms with E-state index in [1.807, 2.05) is 6.92 Å². The Labute approximate surface area is 98.5 Å². The van der Waals surface area contributed by atoms with Gasteiger partial charge in [-0.15, -0.1) is 0 Å². The average Bonchev–Trinajstić information content (AvgIpc) is 2.27. The highest BCUT2D eigenvalue weighted by molar-refractivity contribution is 5.77. The maximum Gasteiger partial charge on any atom is 0.237 e. The molecule has 1 aliphatic rings. The van der Waals surface area contributed by atoms with Crippen LogP contribution in [0.5, 0.6) is 0 Å². The molecule has 0 heterocycles. The summed E-state index contributed by atoms with van der Waals surface area (Å²) < 4.78 is 0. The summed E-state index contributed by atoms with van der Waals surface area (Å²) >= 11 is 0. The second-order valence-electron chi connectivity index (χ2n) is 5.27. The van der Waals surface area contributed by atoms with E-state index in [-0.39, 0.29) is 11.8 Å². The number of nitrogens with zero attached hydrogens (tertiary/aromatic N) is 1. The largest absolute Gasteiger partial charge is 0.303 e. The van der Waals surface area contributed by atoms with Crippen LogP contribution in [0.2, 0.25) is 0 Å². The first-order valence-corrected chi connectivity index (χ1v) is 6.25. The number of rotatable bonds is 4. The molecule has 1 saturated carbocycles. The van der Waals surface area contributed by atoms with E-state index in [1.165, 1.54) is 25.7 Å². The number of carbonyl (C=O) groups excluding carboxylic acids is 1. The summed E-state index contributed by atoms with van der Waals surface area (Å²) in [5, 5.41) is 0. The maximum atomic E-state index is 11.3. The minimum absolute atomic E-state index is 0.0350. The Hall–Kier alpha value is -0.610. The molecule has 3 N–H and O–H groups in total. The lowest BCUT2D eigenvalue weighted by molar-refractivity contribution is -0.125. The monoisotopic (exact) mass is 227 g/mol. The van der Waals surface area contributed by atoms with Gasteiger partial charge in [0, 0.05) is 18.5 Å². The van der Waals surface area contributed by atoms with Gasteiger partial charge in [0.2, 0.25) is 5.91 Å². The maximum absolute atomic E-state index is 11.3. The Morgan fingerprint density at radius 2 is 2.25 bits per heavy atom. The smallest absolute Gasteiger partial charge is 0.237 e. The summed E-state index contributed by atoms with van der Waals surface area (Å²) in [6.45, 7) is 5.03. The highest BCUT2D eigenvalue weighted by atomic mass is 16.2. The summed E-state index contributed by atoms with van der Waals surface area (Å²) in [5.74, 6) is 5.84. The van der Waals surface area contributed by atoms with Crippen LogP contribution in [0.3, 0.4) is 0 Å². The summed E-state index contributed by atoms with van der Waals surface area (Å²) in [7, 11) is 2.11. The molecular weight excluding hydrogens is 202 g/mol. The van der Waals surface area contributed by atoms with Crippen molar-refractivity contribution in [2.24, 2.45) is 17.7 Å². The highest BCUT2D eigenvalue weighted by Gasteiger charge is 2.24. The first kappa shape index (κ1) is 13.5. The van der Waals surface area contributed by atoms with Gasteiger partial charge in [0.1, 0.15) is 0 Å². The molecule has 3 atom stereocenters. The lowest BCUT2D eigenvalue weighted by Crippen LogP contribution is -2.43. The first-order valence-electron chi connectivity index (χ1n) is 6.25. The summed E-state index contributed by atoms with van der Waals surface area (Å²) in [5.41, 5.74) is 2.22. The van der Waals surface area contributed by atoms with Gasteiger partial charge in [-0.2, -0.15) is 0 Å². The van der Waals surface area contributed by atoms with E-state index in [2.05, 4.69) is 24.3 Å².